The van der Waals surface area contributed by atoms with Gasteiger partial charge in [-0.3, -0.25) is 19.8 Å². The molecule has 4 amide bonds. The molecule has 1 aliphatic rings. The highest BCUT2D eigenvalue weighted by atomic mass is 19.1. The number of carbonyl (C=O) groups is 3. The Bertz CT molecular complexity index is 622. The van der Waals surface area contributed by atoms with Crippen molar-refractivity contribution in [2.75, 3.05) is 32.1 Å². The SMILES string of the molecule is CNC(=O)NC(=O)CN(C)[C@H]1CCN(c2ccccc2F)C1=O. The Morgan fingerprint density at radius 2 is 2.09 bits per heavy atom. The number of rotatable bonds is 4. The van der Waals surface area contributed by atoms with Crippen LogP contribution in [0.15, 0.2) is 24.3 Å². The number of imide groups is 1. The number of nitrogens with one attached hydrogen (secondary N) is 2. The minimum atomic E-state index is -0.603. The number of benzene rings is 1. The molecule has 0 aliphatic carbocycles. The van der Waals surface area contributed by atoms with Crippen molar-refractivity contribution in [1.82, 2.24) is 15.5 Å². The molecule has 0 bridgehead atoms. The minimum Gasteiger partial charge on any atom is -0.341 e. The van der Waals surface area contributed by atoms with Crippen molar-refractivity contribution >= 4 is 23.5 Å². The summed E-state index contributed by atoms with van der Waals surface area (Å²) in [5.41, 5.74) is 0.239. The second-order valence-corrected chi connectivity index (χ2v) is 5.29. The molecule has 0 unspecified atom stereocenters. The summed E-state index contributed by atoms with van der Waals surface area (Å²) >= 11 is 0. The van der Waals surface area contributed by atoms with Gasteiger partial charge in [0.1, 0.15) is 5.82 Å². The van der Waals surface area contributed by atoms with Gasteiger partial charge in [0.05, 0.1) is 18.3 Å². The van der Waals surface area contributed by atoms with Crippen LogP contribution in [0.25, 0.3) is 0 Å². The van der Waals surface area contributed by atoms with Gasteiger partial charge in [-0.05, 0) is 25.6 Å². The average Bonchev–Trinajstić information content (AvgIpc) is 2.89. The summed E-state index contributed by atoms with van der Waals surface area (Å²) in [6.07, 6.45) is 0.483. The van der Waals surface area contributed by atoms with E-state index >= 15 is 0 Å². The van der Waals surface area contributed by atoms with Crippen LogP contribution >= 0.6 is 0 Å². The maximum atomic E-state index is 13.8. The van der Waals surface area contributed by atoms with Gasteiger partial charge in [-0.15, -0.1) is 0 Å². The smallest absolute Gasteiger partial charge is 0.321 e. The first-order valence-corrected chi connectivity index (χ1v) is 7.21. The fourth-order valence-electron chi connectivity index (χ4n) is 2.55. The van der Waals surface area contributed by atoms with E-state index in [2.05, 4.69) is 10.6 Å². The lowest BCUT2D eigenvalue weighted by molar-refractivity contribution is -0.124. The van der Waals surface area contributed by atoms with Gasteiger partial charge in [-0.1, -0.05) is 12.1 Å². The van der Waals surface area contributed by atoms with Crippen LogP contribution in [0.4, 0.5) is 14.9 Å². The molecule has 124 valence electrons. The zero-order valence-corrected chi connectivity index (χ0v) is 13.0. The molecule has 0 radical (unpaired) electrons. The average molecular weight is 322 g/mol. The van der Waals surface area contributed by atoms with E-state index < -0.39 is 23.8 Å². The molecule has 2 rings (SSSR count). The van der Waals surface area contributed by atoms with Gasteiger partial charge in [0, 0.05) is 13.6 Å². The van der Waals surface area contributed by atoms with Crippen LogP contribution in [0, 0.1) is 5.82 Å². The molecule has 1 aliphatic heterocycles. The van der Waals surface area contributed by atoms with Crippen LogP contribution in [-0.2, 0) is 9.59 Å². The predicted octanol–water partition coefficient (Wildman–Crippen LogP) is 0.318. The normalized spacial score (nSPS) is 17.5. The largest absolute Gasteiger partial charge is 0.341 e. The molecule has 1 aromatic carbocycles. The first kappa shape index (κ1) is 16.9. The van der Waals surface area contributed by atoms with E-state index in [9.17, 15) is 18.8 Å². The van der Waals surface area contributed by atoms with Crippen LogP contribution in [0.1, 0.15) is 6.42 Å². The maximum absolute atomic E-state index is 13.8. The Hall–Kier alpha value is -2.48. The molecular formula is C15H19FN4O3. The molecule has 1 fully saturated rings. The van der Waals surface area contributed by atoms with Crippen LogP contribution in [0.5, 0.6) is 0 Å². The number of carbonyl (C=O) groups excluding carboxylic acids is 3. The molecule has 0 aromatic heterocycles. The highest BCUT2D eigenvalue weighted by Crippen LogP contribution is 2.26. The third-order valence-corrected chi connectivity index (χ3v) is 3.73. The predicted molar refractivity (Wildman–Crippen MR) is 82.4 cm³/mol. The van der Waals surface area contributed by atoms with Gasteiger partial charge in [0.15, 0.2) is 0 Å². The van der Waals surface area contributed by atoms with Gasteiger partial charge in [0.2, 0.25) is 11.8 Å². The monoisotopic (exact) mass is 322 g/mol. The number of anilines is 1. The lowest BCUT2D eigenvalue weighted by Crippen LogP contribution is -2.47. The first-order chi connectivity index (χ1) is 10.9. The summed E-state index contributed by atoms with van der Waals surface area (Å²) < 4.78 is 13.8. The lowest BCUT2D eigenvalue weighted by Gasteiger charge is -2.23. The van der Waals surface area contributed by atoms with E-state index in [1.165, 1.54) is 18.0 Å². The summed E-state index contributed by atoms with van der Waals surface area (Å²) in [7, 11) is 3.02. The van der Waals surface area contributed by atoms with Gasteiger partial charge in [0.25, 0.3) is 0 Å². The molecule has 0 spiro atoms. The highest BCUT2D eigenvalue weighted by Gasteiger charge is 2.36. The van der Waals surface area contributed by atoms with Gasteiger partial charge < -0.3 is 10.2 Å². The molecule has 1 heterocycles. The van der Waals surface area contributed by atoms with Crippen molar-refractivity contribution in [3.05, 3.63) is 30.1 Å². The Morgan fingerprint density at radius 3 is 2.74 bits per heavy atom. The molecule has 7 nitrogen and oxygen atoms in total. The molecule has 1 atom stereocenters. The number of nitrogens with zero attached hydrogens (tertiary/aromatic N) is 2. The van der Waals surface area contributed by atoms with Gasteiger partial charge in [-0.25, -0.2) is 9.18 Å². The molecule has 1 saturated heterocycles. The van der Waals surface area contributed by atoms with Crippen LogP contribution in [0.2, 0.25) is 0 Å². The standard InChI is InChI=1S/C15H19FN4O3/c1-17-15(23)18-13(21)9-19(2)12-7-8-20(14(12)22)11-6-4-3-5-10(11)16/h3-6,12H,7-9H2,1-2H3,(H2,17,18,21,23)/t12-/m0/s1. The summed E-state index contributed by atoms with van der Waals surface area (Å²) in [6, 6.07) is 4.95. The van der Waals surface area contributed by atoms with Crippen molar-refractivity contribution in [2.45, 2.75) is 12.5 Å². The Labute approximate surface area is 133 Å². The van der Waals surface area contributed by atoms with E-state index in [-0.39, 0.29) is 18.1 Å². The number of halogens is 1. The maximum Gasteiger partial charge on any atom is 0.321 e. The molecule has 0 saturated carbocycles. The Balaban J connectivity index is 2.00. The molecular weight excluding hydrogens is 303 g/mol. The van der Waals surface area contributed by atoms with Crippen molar-refractivity contribution in [3.8, 4) is 0 Å². The first-order valence-electron chi connectivity index (χ1n) is 7.21. The van der Waals surface area contributed by atoms with Crippen LogP contribution in [0.3, 0.4) is 0 Å². The zero-order valence-electron chi connectivity index (χ0n) is 13.0. The Morgan fingerprint density at radius 1 is 1.39 bits per heavy atom. The number of hydrogen-bond donors (Lipinski definition) is 2. The third kappa shape index (κ3) is 3.84. The third-order valence-electron chi connectivity index (χ3n) is 3.73. The highest BCUT2D eigenvalue weighted by molar-refractivity contribution is 6.00. The van der Waals surface area contributed by atoms with Crippen molar-refractivity contribution in [3.63, 3.8) is 0 Å². The number of urea groups is 1. The van der Waals surface area contributed by atoms with Gasteiger partial charge in [-0.2, -0.15) is 0 Å². The van der Waals surface area contributed by atoms with E-state index in [4.69, 9.17) is 0 Å². The number of para-hydroxylation sites is 1. The summed E-state index contributed by atoms with van der Waals surface area (Å²) in [4.78, 5) is 38.2. The van der Waals surface area contributed by atoms with Crippen LogP contribution < -0.4 is 15.5 Å². The fourth-order valence-corrected chi connectivity index (χ4v) is 2.55. The van der Waals surface area contributed by atoms with E-state index in [0.29, 0.717) is 13.0 Å². The van der Waals surface area contributed by atoms with Gasteiger partial charge >= 0.3 is 6.03 Å². The second kappa shape index (κ2) is 7.19. The molecule has 8 heteroatoms. The lowest BCUT2D eigenvalue weighted by atomic mass is 10.2. The Kier molecular flexibility index (Phi) is 5.28. The minimum absolute atomic E-state index is 0.102. The number of hydrogen-bond acceptors (Lipinski definition) is 4. The molecule has 23 heavy (non-hydrogen) atoms. The number of amides is 4. The van der Waals surface area contributed by atoms with Crippen molar-refractivity contribution in [1.29, 1.82) is 0 Å². The molecule has 2 N–H and O–H groups in total. The topological polar surface area (TPSA) is 81.8 Å². The summed E-state index contributed by atoms with van der Waals surface area (Å²) in [5, 5.41) is 4.41. The zero-order chi connectivity index (χ0) is 17.0. The second-order valence-electron chi connectivity index (χ2n) is 5.29. The molecule has 1 aromatic rings. The summed E-state index contributed by atoms with van der Waals surface area (Å²) in [5.74, 6) is -1.23. The van der Waals surface area contributed by atoms with E-state index in [0.717, 1.165) is 0 Å². The van der Waals surface area contributed by atoms with E-state index in [1.807, 2.05) is 0 Å². The number of likely N-dealkylation sites (N-methyl/N-ethyl adjacent to an activating group) is 1. The fraction of sp³-hybridized carbons (Fsp3) is 0.400. The van der Waals surface area contributed by atoms with Crippen molar-refractivity contribution in [2.24, 2.45) is 0 Å². The van der Waals surface area contributed by atoms with Crippen molar-refractivity contribution < 1.29 is 18.8 Å². The van der Waals surface area contributed by atoms with E-state index in [1.54, 1.807) is 30.1 Å². The quantitative estimate of drug-likeness (QED) is 0.836. The summed E-state index contributed by atoms with van der Waals surface area (Å²) in [6.45, 7) is 0.279. The van der Waals surface area contributed by atoms with Crippen LogP contribution in [-0.4, -0.2) is 56.0 Å².